The number of aryl methyl sites for hydroxylation is 1. The Bertz CT molecular complexity index is 518. The van der Waals surface area contributed by atoms with E-state index >= 15 is 0 Å². The summed E-state index contributed by atoms with van der Waals surface area (Å²) >= 11 is 0. The molecular formula is C15H21NO2. The maximum atomic E-state index is 11.8. The highest BCUT2D eigenvalue weighted by Gasteiger charge is 2.39. The Morgan fingerprint density at radius 1 is 1.39 bits per heavy atom. The lowest BCUT2D eigenvalue weighted by molar-refractivity contribution is -0.116. The van der Waals surface area contributed by atoms with Gasteiger partial charge >= 0.3 is 0 Å². The van der Waals surface area contributed by atoms with Crippen LogP contribution in [0.3, 0.4) is 0 Å². The monoisotopic (exact) mass is 247 g/mol. The predicted molar refractivity (Wildman–Crippen MR) is 73.5 cm³/mol. The largest absolute Gasteiger partial charge is 0.496 e. The molecule has 0 aliphatic carbocycles. The molecule has 0 atom stereocenters. The summed E-state index contributed by atoms with van der Waals surface area (Å²) in [6, 6.07) is 2.07. The summed E-state index contributed by atoms with van der Waals surface area (Å²) in [5, 5.41) is 0. The molecule has 0 saturated heterocycles. The van der Waals surface area contributed by atoms with Gasteiger partial charge in [-0.2, -0.15) is 0 Å². The minimum absolute atomic E-state index is 0.0218. The highest BCUT2D eigenvalue weighted by molar-refractivity contribution is 5.95. The van der Waals surface area contributed by atoms with Crippen LogP contribution in [0.25, 0.3) is 0 Å². The average molecular weight is 247 g/mol. The third kappa shape index (κ3) is 1.69. The molecule has 0 N–H and O–H groups in total. The Balaban J connectivity index is 2.73. The maximum Gasteiger partial charge on any atom is 0.223 e. The summed E-state index contributed by atoms with van der Waals surface area (Å²) in [4.78, 5) is 13.6. The smallest absolute Gasteiger partial charge is 0.223 e. The van der Waals surface area contributed by atoms with Crippen LogP contribution in [0.15, 0.2) is 6.07 Å². The fourth-order valence-corrected chi connectivity index (χ4v) is 3.17. The van der Waals surface area contributed by atoms with E-state index in [1.807, 2.05) is 11.8 Å². The molecule has 2 rings (SSSR count). The molecule has 3 heteroatoms. The number of benzene rings is 1. The maximum absolute atomic E-state index is 11.8. The summed E-state index contributed by atoms with van der Waals surface area (Å²) in [5.41, 5.74) is 4.49. The van der Waals surface area contributed by atoms with Crippen LogP contribution < -0.4 is 9.64 Å². The van der Waals surface area contributed by atoms with Crippen molar-refractivity contribution in [1.29, 1.82) is 0 Å². The summed E-state index contributed by atoms with van der Waals surface area (Å²) in [6.45, 7) is 10.8. The van der Waals surface area contributed by atoms with Gasteiger partial charge in [-0.3, -0.25) is 4.79 Å². The lowest BCUT2D eigenvalue weighted by Gasteiger charge is -2.21. The Labute approximate surface area is 109 Å². The summed E-state index contributed by atoms with van der Waals surface area (Å²) in [7, 11) is 1.70. The highest BCUT2D eigenvalue weighted by Crippen LogP contribution is 2.46. The van der Waals surface area contributed by atoms with Crippen LogP contribution in [0.4, 0.5) is 5.69 Å². The van der Waals surface area contributed by atoms with E-state index in [4.69, 9.17) is 4.74 Å². The van der Waals surface area contributed by atoms with Crippen molar-refractivity contribution in [2.45, 2.75) is 40.0 Å². The van der Waals surface area contributed by atoms with E-state index in [1.54, 1.807) is 14.0 Å². The first-order valence-corrected chi connectivity index (χ1v) is 6.26. The topological polar surface area (TPSA) is 29.5 Å². The Hall–Kier alpha value is -1.51. The average Bonchev–Trinajstić information content (AvgIpc) is 2.51. The summed E-state index contributed by atoms with van der Waals surface area (Å²) < 4.78 is 5.49. The van der Waals surface area contributed by atoms with Crippen LogP contribution in [-0.4, -0.2) is 19.6 Å². The normalized spacial score (nSPS) is 16.7. The number of nitrogens with zero attached hydrogens (tertiary/aromatic N) is 1. The van der Waals surface area contributed by atoms with Crippen molar-refractivity contribution in [3.8, 4) is 5.75 Å². The van der Waals surface area contributed by atoms with Crippen LogP contribution in [0.5, 0.6) is 5.75 Å². The van der Waals surface area contributed by atoms with Crippen LogP contribution in [0.2, 0.25) is 0 Å². The van der Waals surface area contributed by atoms with Crippen molar-refractivity contribution < 1.29 is 9.53 Å². The molecule has 0 saturated carbocycles. The molecule has 1 aliphatic rings. The molecule has 0 spiro atoms. The molecule has 1 aromatic carbocycles. The fourth-order valence-electron chi connectivity index (χ4n) is 3.17. The first-order chi connectivity index (χ1) is 8.29. The van der Waals surface area contributed by atoms with E-state index in [2.05, 4.69) is 26.8 Å². The zero-order valence-electron chi connectivity index (χ0n) is 12.0. The van der Waals surface area contributed by atoms with Gasteiger partial charge in [-0.25, -0.2) is 0 Å². The van der Waals surface area contributed by atoms with Crippen molar-refractivity contribution in [3.63, 3.8) is 0 Å². The number of fused-ring (bicyclic) bond motifs is 1. The van der Waals surface area contributed by atoms with E-state index in [-0.39, 0.29) is 11.3 Å². The molecule has 0 radical (unpaired) electrons. The van der Waals surface area contributed by atoms with E-state index in [1.165, 1.54) is 5.56 Å². The lowest BCUT2D eigenvalue weighted by Crippen LogP contribution is -2.32. The van der Waals surface area contributed by atoms with Gasteiger partial charge in [-0.1, -0.05) is 13.8 Å². The molecule has 0 bridgehead atoms. The third-order valence-electron chi connectivity index (χ3n) is 3.79. The van der Waals surface area contributed by atoms with Gasteiger partial charge in [0.1, 0.15) is 5.75 Å². The Morgan fingerprint density at radius 3 is 2.50 bits per heavy atom. The first-order valence-electron chi connectivity index (χ1n) is 6.26. The van der Waals surface area contributed by atoms with E-state index in [9.17, 15) is 4.79 Å². The number of carbonyl (C=O) groups is 1. The van der Waals surface area contributed by atoms with E-state index in [0.717, 1.165) is 29.1 Å². The molecule has 18 heavy (non-hydrogen) atoms. The van der Waals surface area contributed by atoms with Crippen LogP contribution in [0.1, 0.15) is 37.5 Å². The summed E-state index contributed by atoms with van der Waals surface area (Å²) in [5.74, 6) is 1.04. The molecule has 1 aliphatic heterocycles. The van der Waals surface area contributed by atoms with Crippen molar-refractivity contribution in [2.75, 3.05) is 18.6 Å². The molecule has 3 nitrogen and oxygen atoms in total. The fraction of sp³-hybridized carbons (Fsp3) is 0.533. The molecule has 1 amide bonds. The predicted octanol–water partition coefficient (Wildman–Crippen LogP) is 2.96. The van der Waals surface area contributed by atoms with Crippen molar-refractivity contribution in [1.82, 2.24) is 0 Å². The zero-order valence-corrected chi connectivity index (χ0v) is 12.0. The number of hydrogen-bond acceptors (Lipinski definition) is 2. The molecular weight excluding hydrogens is 226 g/mol. The van der Waals surface area contributed by atoms with Gasteiger partial charge in [0.05, 0.1) is 7.11 Å². The van der Waals surface area contributed by atoms with Crippen molar-refractivity contribution in [3.05, 3.63) is 22.8 Å². The van der Waals surface area contributed by atoms with Gasteiger partial charge in [0, 0.05) is 24.6 Å². The van der Waals surface area contributed by atoms with Crippen LogP contribution in [-0.2, 0) is 10.2 Å². The molecule has 1 heterocycles. The van der Waals surface area contributed by atoms with Gasteiger partial charge in [-0.15, -0.1) is 0 Å². The van der Waals surface area contributed by atoms with Crippen LogP contribution >= 0.6 is 0 Å². The minimum Gasteiger partial charge on any atom is -0.496 e. The van der Waals surface area contributed by atoms with E-state index in [0.29, 0.717) is 0 Å². The number of rotatable bonds is 1. The standard InChI is InChI=1S/C15H21NO2/c1-9-7-12-13(10(2)14(9)18-6)15(4,5)8-16(12)11(3)17/h7H,8H2,1-6H3. The van der Waals surface area contributed by atoms with Crippen LogP contribution in [0, 0.1) is 13.8 Å². The lowest BCUT2D eigenvalue weighted by atomic mass is 9.83. The second kappa shape index (κ2) is 4.01. The second-order valence-electron chi connectivity index (χ2n) is 5.73. The van der Waals surface area contributed by atoms with Crippen molar-refractivity contribution >= 4 is 11.6 Å². The third-order valence-corrected chi connectivity index (χ3v) is 3.79. The number of hydrogen-bond donors (Lipinski definition) is 0. The Kier molecular flexibility index (Phi) is 2.88. The molecule has 0 unspecified atom stereocenters. The number of anilines is 1. The van der Waals surface area contributed by atoms with Gasteiger partial charge in [0.25, 0.3) is 0 Å². The highest BCUT2D eigenvalue weighted by atomic mass is 16.5. The van der Waals surface area contributed by atoms with E-state index < -0.39 is 0 Å². The van der Waals surface area contributed by atoms with Gasteiger partial charge < -0.3 is 9.64 Å². The van der Waals surface area contributed by atoms with Gasteiger partial charge in [-0.05, 0) is 36.6 Å². The molecule has 0 aromatic heterocycles. The van der Waals surface area contributed by atoms with Gasteiger partial charge in [0.15, 0.2) is 0 Å². The number of methoxy groups -OCH3 is 1. The molecule has 1 aromatic rings. The number of ether oxygens (including phenoxy) is 1. The van der Waals surface area contributed by atoms with Gasteiger partial charge in [0.2, 0.25) is 5.91 Å². The molecule has 0 fully saturated rings. The first kappa shape index (κ1) is 12.9. The Morgan fingerprint density at radius 2 is 2.00 bits per heavy atom. The SMILES string of the molecule is COc1c(C)cc2c(c1C)C(C)(C)CN2C(C)=O. The molecule has 98 valence electrons. The zero-order chi connectivity index (χ0) is 13.7. The second-order valence-corrected chi connectivity index (χ2v) is 5.73. The number of amides is 1. The quantitative estimate of drug-likeness (QED) is 0.763. The summed E-state index contributed by atoms with van der Waals surface area (Å²) in [6.07, 6.45) is 0. The van der Waals surface area contributed by atoms with Crippen molar-refractivity contribution in [2.24, 2.45) is 0 Å². The number of carbonyl (C=O) groups excluding carboxylic acids is 1. The minimum atomic E-state index is -0.0218.